The molecule has 1 fully saturated rings. The Bertz CT molecular complexity index is 876. The highest BCUT2D eigenvalue weighted by molar-refractivity contribution is 5.88. The van der Waals surface area contributed by atoms with Crippen LogP contribution in [0.3, 0.4) is 0 Å². The predicted octanol–water partition coefficient (Wildman–Crippen LogP) is -2.34. The lowest BCUT2D eigenvalue weighted by molar-refractivity contribution is -0.256. The number of hydrogen-bond acceptors (Lipinski definition) is 11. The number of anilines is 1. The minimum absolute atomic E-state index is 0.0627. The van der Waals surface area contributed by atoms with Gasteiger partial charge in [-0.1, -0.05) is 18.2 Å². The number of para-hydroxylation sites is 1. The van der Waals surface area contributed by atoms with Gasteiger partial charge in [-0.15, -0.1) is 0 Å². The van der Waals surface area contributed by atoms with E-state index < -0.39 is 48.4 Å². The van der Waals surface area contributed by atoms with Crippen LogP contribution in [0.2, 0.25) is 0 Å². The summed E-state index contributed by atoms with van der Waals surface area (Å²) < 4.78 is 5.39. The van der Waals surface area contributed by atoms with Gasteiger partial charge in [-0.05, 0) is 19.1 Å². The van der Waals surface area contributed by atoms with E-state index in [1.807, 2.05) is 0 Å². The smallest absolute Gasteiger partial charge is 0.412 e. The number of aliphatic hydroxyl groups excluding tert-OH is 1. The van der Waals surface area contributed by atoms with Crippen molar-refractivity contribution in [1.29, 1.82) is 0 Å². The van der Waals surface area contributed by atoms with Gasteiger partial charge in [0.15, 0.2) is 23.7 Å². The molecule has 12 heteroatoms. The molecule has 9 N–H and O–H groups in total. The Balaban J connectivity index is 1.67. The van der Waals surface area contributed by atoms with Crippen LogP contribution in [0, 0.1) is 0 Å². The van der Waals surface area contributed by atoms with E-state index >= 15 is 0 Å². The molecule has 12 nitrogen and oxygen atoms in total. The normalized spacial score (nSPS) is 34.4. The van der Waals surface area contributed by atoms with Gasteiger partial charge >= 0.3 is 6.09 Å². The van der Waals surface area contributed by atoms with Crippen molar-refractivity contribution in [1.82, 2.24) is 10.2 Å². The minimum Gasteiger partial charge on any atom is -0.438 e. The van der Waals surface area contributed by atoms with E-state index in [-0.39, 0.29) is 11.9 Å². The molecule has 0 radical (unpaired) electrons. The van der Waals surface area contributed by atoms with Gasteiger partial charge in [0.1, 0.15) is 12.1 Å². The van der Waals surface area contributed by atoms with Crippen LogP contribution in [0.5, 0.6) is 0 Å². The van der Waals surface area contributed by atoms with E-state index in [1.54, 1.807) is 37.3 Å². The van der Waals surface area contributed by atoms with Crippen LogP contribution in [0.4, 0.5) is 10.5 Å². The SMILES string of the molecule is C[C@H]1[C@H](OC(=O)Nc2ccccc2)C(O)(O)[C@]23NC(N)=NC2[C@H](CO)N=C(N)N13. The summed E-state index contributed by atoms with van der Waals surface area (Å²) in [6, 6.07) is 5.94. The topological polar surface area (TPSA) is 191 Å². The fraction of sp³-hybridized carbons (Fsp3) is 0.471. The average molecular weight is 405 g/mol. The lowest BCUT2D eigenvalue weighted by Crippen LogP contribution is -2.77. The fourth-order valence-electron chi connectivity index (χ4n) is 4.41. The van der Waals surface area contributed by atoms with Crippen LogP contribution >= 0.6 is 0 Å². The zero-order valence-corrected chi connectivity index (χ0v) is 15.6. The second-order valence-corrected chi connectivity index (χ2v) is 7.24. The second kappa shape index (κ2) is 6.47. The van der Waals surface area contributed by atoms with Crippen LogP contribution in [0.1, 0.15) is 6.92 Å². The monoisotopic (exact) mass is 405 g/mol. The number of nitrogens with zero attached hydrogens (tertiary/aromatic N) is 3. The van der Waals surface area contributed by atoms with Crippen molar-refractivity contribution in [3.63, 3.8) is 0 Å². The van der Waals surface area contributed by atoms with Crippen LogP contribution in [0.25, 0.3) is 0 Å². The molecule has 29 heavy (non-hydrogen) atoms. The first-order valence-electron chi connectivity index (χ1n) is 9.04. The van der Waals surface area contributed by atoms with Crippen molar-refractivity contribution in [2.75, 3.05) is 11.9 Å². The first-order chi connectivity index (χ1) is 13.7. The molecule has 3 aliphatic rings. The molecule has 0 aromatic heterocycles. The number of nitrogens with two attached hydrogens (primary N) is 2. The summed E-state index contributed by atoms with van der Waals surface area (Å²) in [4.78, 5) is 22.2. The zero-order chi connectivity index (χ0) is 21.0. The molecular weight excluding hydrogens is 382 g/mol. The van der Waals surface area contributed by atoms with Gasteiger partial charge in [-0.25, -0.2) is 14.8 Å². The molecule has 0 aliphatic carbocycles. The maximum absolute atomic E-state index is 12.4. The Morgan fingerprint density at radius 1 is 1.31 bits per heavy atom. The van der Waals surface area contributed by atoms with Gasteiger partial charge in [0.05, 0.1) is 12.6 Å². The quantitative estimate of drug-likeness (QED) is 0.270. The van der Waals surface area contributed by atoms with Crippen LogP contribution in [0.15, 0.2) is 40.3 Å². The Labute approximate surface area is 165 Å². The van der Waals surface area contributed by atoms with E-state index in [0.29, 0.717) is 5.69 Å². The highest BCUT2D eigenvalue weighted by Crippen LogP contribution is 2.48. The molecule has 1 amide bonds. The van der Waals surface area contributed by atoms with Gasteiger partial charge in [0.2, 0.25) is 5.79 Å². The summed E-state index contributed by atoms with van der Waals surface area (Å²) in [5.74, 6) is -2.80. The number of amides is 1. The van der Waals surface area contributed by atoms with Crippen LogP contribution < -0.4 is 22.1 Å². The number of nitrogens with one attached hydrogen (secondary N) is 2. The molecular formula is C17H23N7O5. The Morgan fingerprint density at radius 3 is 2.66 bits per heavy atom. The number of guanidine groups is 2. The highest BCUT2D eigenvalue weighted by atomic mass is 16.6. The number of hydrogen-bond donors (Lipinski definition) is 7. The van der Waals surface area contributed by atoms with Gasteiger partial charge in [0, 0.05) is 5.69 Å². The van der Waals surface area contributed by atoms with Crippen LogP contribution in [-0.4, -0.2) is 80.5 Å². The number of benzene rings is 1. The molecule has 1 aromatic carbocycles. The highest BCUT2D eigenvalue weighted by Gasteiger charge is 2.76. The minimum atomic E-state index is -2.66. The molecule has 1 unspecified atom stereocenters. The first kappa shape index (κ1) is 19.2. The van der Waals surface area contributed by atoms with Crippen LogP contribution in [-0.2, 0) is 4.74 Å². The van der Waals surface area contributed by atoms with Crippen molar-refractivity contribution < 1.29 is 24.9 Å². The van der Waals surface area contributed by atoms with Gasteiger partial charge in [0.25, 0.3) is 0 Å². The van der Waals surface area contributed by atoms with E-state index in [0.717, 1.165) is 0 Å². The molecule has 1 spiro atoms. The number of aliphatic hydroxyl groups is 3. The Morgan fingerprint density at radius 2 is 2.00 bits per heavy atom. The Kier molecular flexibility index (Phi) is 4.29. The summed E-state index contributed by atoms with van der Waals surface area (Å²) in [5, 5.41) is 37.3. The van der Waals surface area contributed by atoms with Crippen molar-refractivity contribution >= 4 is 23.7 Å². The third kappa shape index (κ3) is 2.60. The summed E-state index contributed by atoms with van der Waals surface area (Å²) in [5.41, 5.74) is 10.6. The van der Waals surface area contributed by atoms with Crippen molar-refractivity contribution in [3.05, 3.63) is 30.3 Å². The molecule has 3 heterocycles. The van der Waals surface area contributed by atoms with E-state index in [2.05, 4.69) is 20.6 Å². The number of carbonyl (C=O) groups is 1. The fourth-order valence-corrected chi connectivity index (χ4v) is 4.41. The predicted molar refractivity (Wildman–Crippen MR) is 103 cm³/mol. The number of rotatable bonds is 3. The number of aliphatic imine (C=N–C) groups is 2. The average Bonchev–Trinajstić information content (AvgIpc) is 3.10. The number of ether oxygens (including phenoxy) is 1. The molecule has 1 saturated heterocycles. The maximum atomic E-state index is 12.4. The Hall–Kier alpha value is -3.09. The summed E-state index contributed by atoms with van der Waals surface area (Å²) >= 11 is 0. The third-order valence-electron chi connectivity index (χ3n) is 5.56. The van der Waals surface area contributed by atoms with Gasteiger partial charge in [-0.3, -0.25) is 5.32 Å². The molecule has 5 atom stereocenters. The molecule has 0 bridgehead atoms. The maximum Gasteiger partial charge on any atom is 0.412 e. The molecule has 3 aliphatic heterocycles. The van der Waals surface area contributed by atoms with E-state index in [4.69, 9.17) is 16.2 Å². The van der Waals surface area contributed by atoms with E-state index in [1.165, 1.54) is 4.90 Å². The summed E-state index contributed by atoms with van der Waals surface area (Å²) in [6.45, 7) is 1.16. The molecule has 4 rings (SSSR count). The standard InChI is InChI=1S/C17H23N7O5/c1-8-12(29-15(26)20-9-5-3-2-4-6-9)17(27,28)16-11(22-13(18)23-16)10(7-25)21-14(19)24(8)16/h2-6,8,10-12,25,27-28H,7H2,1H3,(H2,19,21)(H,20,26)(H3,18,22,23)/t8-,10-,11?,12-,16-/m0/s1. The third-order valence-corrected chi connectivity index (χ3v) is 5.56. The lowest BCUT2D eigenvalue weighted by Gasteiger charge is -2.48. The van der Waals surface area contributed by atoms with Crippen molar-refractivity contribution in [2.45, 2.75) is 42.6 Å². The molecule has 156 valence electrons. The molecule has 0 saturated carbocycles. The van der Waals surface area contributed by atoms with Crippen molar-refractivity contribution in [2.24, 2.45) is 21.5 Å². The largest absolute Gasteiger partial charge is 0.438 e. The van der Waals surface area contributed by atoms with Gasteiger partial charge < -0.3 is 41.7 Å². The first-order valence-corrected chi connectivity index (χ1v) is 9.04. The van der Waals surface area contributed by atoms with E-state index in [9.17, 15) is 20.1 Å². The summed E-state index contributed by atoms with van der Waals surface area (Å²) in [7, 11) is 0. The number of carbonyl (C=O) groups excluding carboxylic acids is 1. The summed E-state index contributed by atoms with van der Waals surface area (Å²) in [6.07, 6.45) is -2.32. The molecule has 1 aromatic rings. The second-order valence-electron chi connectivity index (χ2n) is 7.24. The van der Waals surface area contributed by atoms with Crippen molar-refractivity contribution in [3.8, 4) is 0 Å². The van der Waals surface area contributed by atoms with Gasteiger partial charge in [-0.2, -0.15) is 0 Å². The zero-order valence-electron chi connectivity index (χ0n) is 15.6. The lowest BCUT2D eigenvalue weighted by atomic mass is 9.86.